The Morgan fingerprint density at radius 3 is 2.79 bits per heavy atom. The van der Waals surface area contributed by atoms with Crippen LogP contribution < -0.4 is 20.3 Å². The number of anilines is 1. The quantitative estimate of drug-likeness (QED) is 0.306. The van der Waals surface area contributed by atoms with Gasteiger partial charge >= 0.3 is 0 Å². The number of rotatable bonds is 7. The second-order valence-electron chi connectivity index (χ2n) is 7.00. The van der Waals surface area contributed by atoms with Gasteiger partial charge in [-0.3, -0.25) is 14.9 Å². The number of hydrogen-bond donors (Lipinski definition) is 1. The third-order valence-electron chi connectivity index (χ3n) is 4.48. The Bertz CT molecular complexity index is 1510. The lowest BCUT2D eigenvalue weighted by Crippen LogP contribution is -2.16. The van der Waals surface area contributed by atoms with Gasteiger partial charge in [0.1, 0.15) is 23.3 Å². The van der Waals surface area contributed by atoms with Crippen molar-refractivity contribution in [2.24, 2.45) is 0 Å². The molecule has 34 heavy (non-hydrogen) atoms. The summed E-state index contributed by atoms with van der Waals surface area (Å²) in [6.45, 7) is 3.72. The highest BCUT2D eigenvalue weighted by atomic mass is 32.1. The largest absolute Gasteiger partial charge is 0.493 e. The number of nitrogens with one attached hydrogen (secondary N) is 1. The first-order valence-corrected chi connectivity index (χ1v) is 11.5. The molecule has 0 aliphatic heterocycles. The lowest BCUT2D eigenvalue weighted by Gasteiger charge is -2.11. The van der Waals surface area contributed by atoms with Crippen LogP contribution in [-0.2, 0) is 11.4 Å². The summed E-state index contributed by atoms with van der Waals surface area (Å²) < 4.78 is 12.5. The van der Waals surface area contributed by atoms with E-state index in [1.54, 1.807) is 31.3 Å². The number of ether oxygens (including phenoxy) is 2. The molecule has 0 spiro atoms. The van der Waals surface area contributed by atoms with Crippen molar-refractivity contribution in [2.75, 3.05) is 12.4 Å². The fraction of sp³-hybridized carbons (Fsp3) is 0.182. The SMILES string of the molecule is COc1cc(C=C(C#N)C(=O)Nc2ncc(C)s2)ccc1OCc1cc(=O)n2nc(C)sc2n1. The molecular weight excluding hydrogens is 476 g/mol. The summed E-state index contributed by atoms with van der Waals surface area (Å²) in [5.41, 5.74) is 0.668. The number of aryl methyl sites for hydroxylation is 2. The molecule has 1 aromatic carbocycles. The molecule has 4 rings (SSSR count). The van der Waals surface area contributed by atoms with Crippen molar-refractivity contribution in [3.63, 3.8) is 0 Å². The first kappa shape index (κ1) is 23.1. The maximum absolute atomic E-state index is 12.4. The van der Waals surface area contributed by atoms with Gasteiger partial charge in [0.05, 0.1) is 12.8 Å². The number of nitriles is 1. The van der Waals surface area contributed by atoms with Crippen molar-refractivity contribution in [1.82, 2.24) is 19.6 Å². The van der Waals surface area contributed by atoms with Crippen molar-refractivity contribution in [2.45, 2.75) is 20.5 Å². The van der Waals surface area contributed by atoms with Crippen LogP contribution in [0.2, 0.25) is 0 Å². The lowest BCUT2D eigenvalue weighted by atomic mass is 10.1. The molecule has 172 valence electrons. The zero-order valence-electron chi connectivity index (χ0n) is 18.4. The van der Waals surface area contributed by atoms with E-state index in [1.165, 1.54) is 46.4 Å². The van der Waals surface area contributed by atoms with Gasteiger partial charge in [0, 0.05) is 17.1 Å². The van der Waals surface area contributed by atoms with Crippen LogP contribution in [0.25, 0.3) is 11.0 Å². The van der Waals surface area contributed by atoms with Crippen LogP contribution in [0.4, 0.5) is 5.13 Å². The predicted molar refractivity (Wildman–Crippen MR) is 128 cm³/mol. The minimum absolute atomic E-state index is 0.0489. The number of hydrogen-bond acceptors (Lipinski definition) is 10. The molecule has 0 aliphatic rings. The van der Waals surface area contributed by atoms with Gasteiger partial charge in [-0.15, -0.1) is 11.3 Å². The van der Waals surface area contributed by atoms with Gasteiger partial charge in [-0.05, 0) is 37.6 Å². The third kappa shape index (κ3) is 5.11. The zero-order chi connectivity index (χ0) is 24.2. The predicted octanol–water partition coefficient (Wildman–Crippen LogP) is 3.36. The summed E-state index contributed by atoms with van der Waals surface area (Å²) in [6.07, 6.45) is 3.09. The Balaban J connectivity index is 1.51. The number of carbonyl (C=O) groups excluding carboxylic acids is 1. The van der Waals surface area contributed by atoms with Gasteiger partial charge in [-0.25, -0.2) is 9.97 Å². The summed E-state index contributed by atoms with van der Waals surface area (Å²) >= 11 is 2.63. The Morgan fingerprint density at radius 1 is 1.26 bits per heavy atom. The highest BCUT2D eigenvalue weighted by Gasteiger charge is 2.13. The van der Waals surface area contributed by atoms with Crippen LogP contribution in [0.15, 0.2) is 40.8 Å². The summed E-state index contributed by atoms with van der Waals surface area (Å²) in [5, 5.41) is 17.3. The van der Waals surface area contributed by atoms with Gasteiger partial charge in [0.25, 0.3) is 11.5 Å². The topological polar surface area (TPSA) is 132 Å². The number of nitrogens with zero attached hydrogens (tertiary/aromatic N) is 5. The molecule has 0 bridgehead atoms. The van der Waals surface area contributed by atoms with E-state index in [4.69, 9.17) is 9.47 Å². The lowest BCUT2D eigenvalue weighted by molar-refractivity contribution is -0.112. The Labute approximate surface area is 201 Å². The van der Waals surface area contributed by atoms with Crippen LogP contribution >= 0.6 is 22.7 Å². The molecule has 0 saturated heterocycles. The summed E-state index contributed by atoms with van der Waals surface area (Å²) in [6, 6.07) is 8.27. The number of aromatic nitrogens is 4. The highest BCUT2D eigenvalue weighted by molar-refractivity contribution is 7.16. The maximum atomic E-state index is 12.4. The number of benzene rings is 1. The van der Waals surface area contributed by atoms with Crippen LogP contribution in [0.3, 0.4) is 0 Å². The van der Waals surface area contributed by atoms with E-state index in [0.29, 0.717) is 32.8 Å². The van der Waals surface area contributed by atoms with Crippen LogP contribution in [-0.4, -0.2) is 32.6 Å². The van der Waals surface area contributed by atoms with Crippen LogP contribution in [0.5, 0.6) is 11.5 Å². The van der Waals surface area contributed by atoms with E-state index in [1.807, 2.05) is 13.0 Å². The van der Waals surface area contributed by atoms with Gasteiger partial charge in [0.2, 0.25) is 4.96 Å². The van der Waals surface area contributed by atoms with Gasteiger partial charge < -0.3 is 9.47 Å². The molecular formula is C22H18N6O4S2. The van der Waals surface area contributed by atoms with E-state index in [9.17, 15) is 14.9 Å². The second-order valence-corrected chi connectivity index (χ2v) is 9.40. The molecule has 0 aliphatic carbocycles. The van der Waals surface area contributed by atoms with E-state index in [0.717, 1.165) is 9.88 Å². The number of carbonyl (C=O) groups is 1. The maximum Gasteiger partial charge on any atom is 0.275 e. The molecule has 0 atom stereocenters. The number of thiazole rings is 1. The molecule has 12 heteroatoms. The molecule has 1 N–H and O–H groups in total. The van der Waals surface area contributed by atoms with Crippen LogP contribution in [0.1, 0.15) is 21.1 Å². The first-order chi connectivity index (χ1) is 16.4. The minimum atomic E-state index is -0.554. The number of methoxy groups -OCH3 is 1. The standard InChI is InChI=1S/C22H18N6O4S2/c1-12-10-24-21(33-12)26-20(30)15(9-23)6-14-4-5-17(18(7-14)31-3)32-11-16-8-19(29)28-22(25-16)34-13(2)27-28/h4-8,10H,11H2,1-3H3,(H,24,26,30). The first-order valence-electron chi connectivity index (χ1n) is 9.89. The van der Waals surface area contributed by atoms with E-state index in [2.05, 4.69) is 20.4 Å². The average molecular weight is 495 g/mol. The monoisotopic (exact) mass is 494 g/mol. The fourth-order valence-electron chi connectivity index (χ4n) is 2.96. The van der Waals surface area contributed by atoms with Crippen molar-refractivity contribution in [3.05, 3.63) is 67.5 Å². The second kappa shape index (κ2) is 9.82. The zero-order valence-corrected chi connectivity index (χ0v) is 20.0. The minimum Gasteiger partial charge on any atom is -0.493 e. The van der Waals surface area contributed by atoms with Crippen molar-refractivity contribution in [1.29, 1.82) is 5.26 Å². The number of amides is 1. The molecule has 1 amide bonds. The fourth-order valence-corrected chi connectivity index (χ4v) is 4.39. The van der Waals surface area contributed by atoms with Gasteiger partial charge in [0.15, 0.2) is 16.6 Å². The van der Waals surface area contributed by atoms with E-state index < -0.39 is 5.91 Å². The van der Waals surface area contributed by atoms with Crippen molar-refractivity contribution >= 4 is 44.7 Å². The van der Waals surface area contributed by atoms with Crippen LogP contribution in [0, 0.1) is 25.2 Å². The Hall–Kier alpha value is -4.08. The molecule has 10 nitrogen and oxygen atoms in total. The van der Waals surface area contributed by atoms with Crippen molar-refractivity contribution < 1.29 is 14.3 Å². The summed E-state index contributed by atoms with van der Waals surface area (Å²) in [7, 11) is 1.48. The molecule has 3 heterocycles. The molecule has 0 radical (unpaired) electrons. The van der Waals surface area contributed by atoms with Gasteiger partial charge in [-0.2, -0.15) is 14.9 Å². The number of fused-ring (bicyclic) bond motifs is 1. The Morgan fingerprint density at radius 2 is 2.09 bits per heavy atom. The third-order valence-corrected chi connectivity index (χ3v) is 6.13. The van der Waals surface area contributed by atoms with Gasteiger partial charge in [-0.1, -0.05) is 17.4 Å². The molecule has 4 aromatic rings. The molecule has 3 aromatic heterocycles. The molecule has 0 unspecified atom stereocenters. The van der Waals surface area contributed by atoms with E-state index in [-0.39, 0.29) is 17.7 Å². The van der Waals surface area contributed by atoms with E-state index >= 15 is 0 Å². The molecule has 0 fully saturated rings. The summed E-state index contributed by atoms with van der Waals surface area (Å²) in [5.74, 6) is 0.263. The molecule has 0 saturated carbocycles. The van der Waals surface area contributed by atoms with Crippen molar-refractivity contribution in [3.8, 4) is 17.6 Å². The average Bonchev–Trinajstić information content (AvgIpc) is 3.40. The normalized spacial score (nSPS) is 11.3. The summed E-state index contributed by atoms with van der Waals surface area (Å²) in [4.78, 5) is 34.6. The smallest absolute Gasteiger partial charge is 0.275 e. The highest BCUT2D eigenvalue weighted by Crippen LogP contribution is 2.30. The Kier molecular flexibility index (Phi) is 6.67.